The summed E-state index contributed by atoms with van der Waals surface area (Å²) >= 11 is 0. The number of nitrogens with one attached hydrogen (secondary N) is 1. The first-order valence-electron chi connectivity index (χ1n) is 8.93. The van der Waals surface area contributed by atoms with Gasteiger partial charge in [0, 0.05) is 30.5 Å². The number of aromatic nitrogens is 1. The summed E-state index contributed by atoms with van der Waals surface area (Å²) in [6.07, 6.45) is 2.05. The second kappa shape index (κ2) is 9.50. The number of nitrogens with two attached hydrogens (primary N) is 1. The van der Waals surface area contributed by atoms with Crippen LogP contribution in [0.2, 0.25) is 0 Å². The molecule has 5 nitrogen and oxygen atoms in total. The van der Waals surface area contributed by atoms with Gasteiger partial charge in [0.25, 0.3) is 0 Å². The Morgan fingerprint density at radius 3 is 2.37 bits per heavy atom. The Labute approximate surface area is 159 Å². The number of nitrogens with zero attached hydrogens (tertiary/aromatic N) is 1. The average Bonchev–Trinajstić information content (AvgIpc) is 2.72. The summed E-state index contributed by atoms with van der Waals surface area (Å²) in [5, 5.41) is 2.91. The number of pyridine rings is 1. The quantitative estimate of drug-likeness (QED) is 0.647. The smallest absolute Gasteiger partial charge is 0.226 e. The van der Waals surface area contributed by atoms with Crippen molar-refractivity contribution in [1.82, 2.24) is 10.3 Å². The van der Waals surface area contributed by atoms with Gasteiger partial charge in [0.1, 0.15) is 12.4 Å². The molecule has 0 saturated carbocycles. The molecule has 0 bridgehead atoms. The maximum absolute atomic E-state index is 12.1. The Morgan fingerprint density at radius 2 is 1.70 bits per heavy atom. The van der Waals surface area contributed by atoms with Crippen LogP contribution in [0.5, 0.6) is 5.75 Å². The van der Waals surface area contributed by atoms with Crippen LogP contribution >= 0.6 is 0 Å². The minimum atomic E-state index is -0.0412. The third-order valence-electron chi connectivity index (χ3n) is 4.07. The second-order valence-corrected chi connectivity index (χ2v) is 6.14. The zero-order chi connectivity index (χ0) is 18.9. The van der Waals surface area contributed by atoms with Gasteiger partial charge in [0.15, 0.2) is 0 Å². The molecular weight excluding hydrogens is 338 g/mol. The van der Waals surface area contributed by atoms with E-state index in [1.165, 1.54) is 0 Å². The minimum absolute atomic E-state index is 0.0412. The zero-order valence-electron chi connectivity index (χ0n) is 15.1. The number of hydrogen-bond acceptors (Lipinski definition) is 4. The standard InChI is InChI=1S/C22H23N3O2/c23-12-13-27-21-10-7-18(8-11-21)19-6-9-20(24-16-19)14-22(26)25-15-17-4-2-1-3-5-17/h1-11,16H,12-15,23H2,(H,25,26). The molecule has 1 heterocycles. The van der Waals surface area contributed by atoms with Gasteiger partial charge in [-0.1, -0.05) is 48.5 Å². The van der Waals surface area contributed by atoms with Gasteiger partial charge in [-0.05, 0) is 29.3 Å². The summed E-state index contributed by atoms with van der Waals surface area (Å²) in [6, 6.07) is 21.5. The van der Waals surface area contributed by atoms with E-state index in [1.807, 2.05) is 66.7 Å². The first-order valence-corrected chi connectivity index (χ1v) is 8.93. The fourth-order valence-corrected chi connectivity index (χ4v) is 2.64. The number of ether oxygens (including phenoxy) is 1. The average molecular weight is 361 g/mol. The molecule has 3 rings (SSSR count). The van der Waals surface area contributed by atoms with Crippen molar-refractivity contribution in [2.75, 3.05) is 13.2 Å². The summed E-state index contributed by atoms with van der Waals surface area (Å²) in [5.41, 5.74) is 9.29. The molecule has 1 aromatic heterocycles. The van der Waals surface area contributed by atoms with Crippen molar-refractivity contribution >= 4 is 5.91 Å². The molecule has 0 aliphatic rings. The van der Waals surface area contributed by atoms with Crippen LogP contribution in [0, 0.1) is 0 Å². The Hall–Kier alpha value is -3.18. The molecule has 0 atom stereocenters. The Balaban J connectivity index is 1.54. The first-order chi connectivity index (χ1) is 13.2. The van der Waals surface area contributed by atoms with Crippen LogP contribution in [0.3, 0.4) is 0 Å². The highest BCUT2D eigenvalue weighted by Gasteiger charge is 2.06. The van der Waals surface area contributed by atoms with Crippen LogP contribution in [0.15, 0.2) is 72.9 Å². The van der Waals surface area contributed by atoms with Crippen molar-refractivity contribution in [3.05, 3.63) is 84.2 Å². The van der Waals surface area contributed by atoms with E-state index in [-0.39, 0.29) is 12.3 Å². The molecular formula is C22H23N3O2. The van der Waals surface area contributed by atoms with Crippen LogP contribution in [-0.2, 0) is 17.8 Å². The summed E-state index contributed by atoms with van der Waals surface area (Å²) in [6.45, 7) is 1.52. The fourth-order valence-electron chi connectivity index (χ4n) is 2.64. The van der Waals surface area contributed by atoms with E-state index in [1.54, 1.807) is 6.20 Å². The zero-order valence-corrected chi connectivity index (χ0v) is 15.1. The van der Waals surface area contributed by atoms with Crippen molar-refractivity contribution in [3.63, 3.8) is 0 Å². The molecule has 5 heteroatoms. The first kappa shape index (κ1) is 18.6. The third-order valence-corrected chi connectivity index (χ3v) is 4.07. The fraction of sp³-hybridized carbons (Fsp3) is 0.182. The predicted octanol–water partition coefficient (Wildman–Crippen LogP) is 2.95. The monoisotopic (exact) mass is 361 g/mol. The summed E-state index contributed by atoms with van der Waals surface area (Å²) in [5.74, 6) is 0.754. The van der Waals surface area contributed by atoms with Gasteiger partial charge in [-0.3, -0.25) is 9.78 Å². The number of amides is 1. The third kappa shape index (κ3) is 5.66. The van der Waals surface area contributed by atoms with Gasteiger partial charge in [-0.15, -0.1) is 0 Å². The normalized spacial score (nSPS) is 10.4. The van der Waals surface area contributed by atoms with E-state index in [4.69, 9.17) is 10.5 Å². The van der Waals surface area contributed by atoms with Gasteiger partial charge < -0.3 is 15.8 Å². The molecule has 2 aromatic carbocycles. The van der Waals surface area contributed by atoms with Crippen molar-refractivity contribution in [2.45, 2.75) is 13.0 Å². The number of benzene rings is 2. The molecule has 0 unspecified atom stereocenters. The Morgan fingerprint density at radius 1 is 0.963 bits per heavy atom. The van der Waals surface area contributed by atoms with Crippen LogP contribution in [0.25, 0.3) is 11.1 Å². The number of carbonyl (C=O) groups is 1. The highest BCUT2D eigenvalue weighted by atomic mass is 16.5. The molecule has 1 amide bonds. The van der Waals surface area contributed by atoms with Gasteiger partial charge in [-0.25, -0.2) is 0 Å². The lowest BCUT2D eigenvalue weighted by atomic mass is 10.1. The maximum atomic E-state index is 12.1. The van der Waals surface area contributed by atoms with Gasteiger partial charge in [0.05, 0.1) is 6.42 Å². The molecule has 138 valence electrons. The van der Waals surface area contributed by atoms with E-state index in [2.05, 4.69) is 10.3 Å². The SMILES string of the molecule is NCCOc1ccc(-c2ccc(CC(=O)NCc3ccccc3)nc2)cc1. The van der Waals surface area contributed by atoms with Crippen LogP contribution in [0.1, 0.15) is 11.3 Å². The molecule has 3 aromatic rings. The molecule has 0 saturated heterocycles. The van der Waals surface area contributed by atoms with E-state index in [9.17, 15) is 4.79 Å². The molecule has 0 spiro atoms. The lowest BCUT2D eigenvalue weighted by Gasteiger charge is -2.07. The van der Waals surface area contributed by atoms with Crippen LogP contribution in [-0.4, -0.2) is 24.0 Å². The topological polar surface area (TPSA) is 77.2 Å². The lowest BCUT2D eigenvalue weighted by molar-refractivity contribution is -0.120. The summed E-state index contributed by atoms with van der Waals surface area (Å²) < 4.78 is 5.48. The largest absolute Gasteiger partial charge is 0.492 e. The molecule has 0 aliphatic carbocycles. The van der Waals surface area contributed by atoms with Crippen molar-refractivity contribution in [2.24, 2.45) is 5.73 Å². The Bertz CT molecular complexity index is 847. The number of rotatable bonds is 8. The molecule has 0 aliphatic heterocycles. The van der Waals surface area contributed by atoms with Gasteiger partial charge >= 0.3 is 0 Å². The maximum Gasteiger partial charge on any atom is 0.226 e. The van der Waals surface area contributed by atoms with Crippen molar-refractivity contribution < 1.29 is 9.53 Å². The summed E-state index contributed by atoms with van der Waals surface area (Å²) in [7, 11) is 0. The van der Waals surface area contributed by atoms with E-state index in [0.29, 0.717) is 19.7 Å². The van der Waals surface area contributed by atoms with Crippen molar-refractivity contribution in [3.8, 4) is 16.9 Å². The number of hydrogen-bond donors (Lipinski definition) is 2. The van der Waals surface area contributed by atoms with E-state index in [0.717, 1.165) is 28.1 Å². The van der Waals surface area contributed by atoms with Gasteiger partial charge in [-0.2, -0.15) is 0 Å². The second-order valence-electron chi connectivity index (χ2n) is 6.14. The Kier molecular flexibility index (Phi) is 6.55. The van der Waals surface area contributed by atoms with Crippen LogP contribution in [0.4, 0.5) is 0 Å². The predicted molar refractivity (Wildman–Crippen MR) is 106 cm³/mol. The van der Waals surface area contributed by atoms with Crippen LogP contribution < -0.4 is 15.8 Å². The highest BCUT2D eigenvalue weighted by molar-refractivity contribution is 5.78. The molecule has 3 N–H and O–H groups in total. The van der Waals surface area contributed by atoms with E-state index < -0.39 is 0 Å². The molecule has 27 heavy (non-hydrogen) atoms. The van der Waals surface area contributed by atoms with Crippen molar-refractivity contribution in [1.29, 1.82) is 0 Å². The summed E-state index contributed by atoms with van der Waals surface area (Å²) in [4.78, 5) is 16.5. The molecule has 0 fully saturated rings. The van der Waals surface area contributed by atoms with Gasteiger partial charge in [0.2, 0.25) is 5.91 Å². The number of carbonyl (C=O) groups excluding carboxylic acids is 1. The minimum Gasteiger partial charge on any atom is -0.492 e. The van der Waals surface area contributed by atoms with E-state index >= 15 is 0 Å². The lowest BCUT2D eigenvalue weighted by Crippen LogP contribution is -2.24. The highest BCUT2D eigenvalue weighted by Crippen LogP contribution is 2.22. The molecule has 0 radical (unpaired) electrons.